The molecule has 3 atom stereocenters. The molecule has 0 saturated carbocycles. The zero-order chi connectivity index (χ0) is 15.2. The minimum Gasteiger partial charge on any atom is -0.445 e. The molecule has 0 aromatic heterocycles. The van der Waals surface area contributed by atoms with E-state index in [1.165, 1.54) is 4.90 Å². The van der Waals surface area contributed by atoms with Crippen molar-refractivity contribution in [1.82, 2.24) is 4.90 Å². The van der Waals surface area contributed by atoms with E-state index in [1.807, 2.05) is 30.3 Å². The molecule has 3 N–H and O–H groups in total. The van der Waals surface area contributed by atoms with E-state index in [1.54, 1.807) is 0 Å². The minimum absolute atomic E-state index is 0.106. The van der Waals surface area contributed by atoms with E-state index in [9.17, 15) is 15.0 Å². The largest absolute Gasteiger partial charge is 0.445 e. The number of nitrogens with zero attached hydrogens (tertiary/aromatic N) is 1. The van der Waals surface area contributed by atoms with Gasteiger partial charge >= 0.3 is 6.09 Å². The number of β-amino-alcohol motifs (C(OH)–C–C–N with tert-alkyl or cyclic N) is 1. The van der Waals surface area contributed by atoms with Gasteiger partial charge < -0.3 is 25.0 Å². The summed E-state index contributed by atoms with van der Waals surface area (Å²) >= 11 is 0. The van der Waals surface area contributed by atoms with Crippen molar-refractivity contribution in [3.63, 3.8) is 0 Å². The van der Waals surface area contributed by atoms with Crippen LogP contribution in [0.5, 0.6) is 0 Å². The summed E-state index contributed by atoms with van der Waals surface area (Å²) < 4.78 is 5.20. The number of carbonyl (C=O) groups excluding carboxylic acids is 1. The molecule has 21 heavy (non-hydrogen) atoms. The Bertz CT molecular complexity index is 453. The number of rotatable bonds is 4. The third kappa shape index (κ3) is 4.17. The lowest BCUT2D eigenvalue weighted by Gasteiger charge is -2.36. The molecule has 0 bridgehead atoms. The number of hydrogen-bond acceptors (Lipinski definition) is 5. The monoisotopic (exact) mass is 295 g/mol. The minimum atomic E-state index is -0.956. The molecule has 0 radical (unpaired) electrons. The molecule has 1 aliphatic rings. The standard InChI is InChI=1S/C15H21NO5/c17-9-14(19)12-6-7-16(8-13(12)18)15(20)21-10-11-4-2-1-3-5-11/h1-5,12-14,17-19H,6-10H2/t12-,13-,14-/m1/s1. The fourth-order valence-electron chi connectivity index (χ4n) is 2.51. The maximum Gasteiger partial charge on any atom is 0.410 e. The van der Waals surface area contributed by atoms with E-state index < -0.39 is 24.2 Å². The van der Waals surface area contributed by atoms with Crippen LogP contribution in [0.2, 0.25) is 0 Å². The molecular weight excluding hydrogens is 274 g/mol. The number of benzene rings is 1. The van der Waals surface area contributed by atoms with E-state index in [0.29, 0.717) is 13.0 Å². The lowest BCUT2D eigenvalue weighted by Crippen LogP contribution is -2.50. The lowest BCUT2D eigenvalue weighted by atomic mass is 9.89. The molecule has 0 spiro atoms. The van der Waals surface area contributed by atoms with Gasteiger partial charge in [-0.2, -0.15) is 0 Å². The Morgan fingerprint density at radius 2 is 2.10 bits per heavy atom. The summed E-state index contributed by atoms with van der Waals surface area (Å²) in [6.45, 7) is 0.302. The molecule has 0 aliphatic carbocycles. The first kappa shape index (κ1) is 15.8. The van der Waals surface area contributed by atoms with Gasteiger partial charge in [0.05, 0.1) is 25.4 Å². The summed E-state index contributed by atoms with van der Waals surface area (Å²) in [5.41, 5.74) is 0.900. The number of aliphatic hydroxyl groups is 3. The van der Waals surface area contributed by atoms with Gasteiger partial charge in [0, 0.05) is 12.5 Å². The van der Waals surface area contributed by atoms with Crippen LogP contribution in [0.4, 0.5) is 4.79 Å². The van der Waals surface area contributed by atoms with Crippen LogP contribution in [0, 0.1) is 5.92 Å². The van der Waals surface area contributed by atoms with Gasteiger partial charge in [-0.05, 0) is 12.0 Å². The summed E-state index contributed by atoms with van der Waals surface area (Å²) in [6, 6.07) is 9.36. The topological polar surface area (TPSA) is 90.2 Å². The second-order valence-corrected chi connectivity index (χ2v) is 5.26. The molecule has 1 aromatic carbocycles. The Kier molecular flexibility index (Phi) is 5.55. The van der Waals surface area contributed by atoms with Gasteiger partial charge in [0.1, 0.15) is 6.61 Å². The van der Waals surface area contributed by atoms with Crippen LogP contribution >= 0.6 is 0 Å². The van der Waals surface area contributed by atoms with Crippen molar-refractivity contribution in [2.24, 2.45) is 5.92 Å². The van der Waals surface area contributed by atoms with Gasteiger partial charge in [-0.25, -0.2) is 4.79 Å². The highest BCUT2D eigenvalue weighted by Gasteiger charge is 2.34. The van der Waals surface area contributed by atoms with Gasteiger partial charge in [0.2, 0.25) is 0 Å². The predicted octanol–water partition coefficient (Wildman–Crippen LogP) is 0.359. The predicted molar refractivity (Wildman–Crippen MR) is 75.4 cm³/mol. The number of likely N-dealkylation sites (tertiary alicyclic amines) is 1. The van der Waals surface area contributed by atoms with Crippen LogP contribution in [0.3, 0.4) is 0 Å². The fraction of sp³-hybridized carbons (Fsp3) is 0.533. The Morgan fingerprint density at radius 1 is 1.38 bits per heavy atom. The highest BCUT2D eigenvalue weighted by atomic mass is 16.6. The summed E-state index contributed by atoms with van der Waals surface area (Å²) in [4.78, 5) is 13.4. The van der Waals surface area contributed by atoms with E-state index in [-0.39, 0.29) is 19.8 Å². The maximum atomic E-state index is 11.9. The second kappa shape index (κ2) is 7.40. The number of hydrogen-bond donors (Lipinski definition) is 3. The number of piperidine rings is 1. The Labute approximate surface area is 123 Å². The average molecular weight is 295 g/mol. The molecule has 2 rings (SSSR count). The normalized spacial score (nSPS) is 23.7. The van der Waals surface area contributed by atoms with Crippen molar-refractivity contribution < 1.29 is 24.9 Å². The number of ether oxygens (including phenoxy) is 1. The molecule has 1 amide bonds. The van der Waals surface area contributed by atoms with E-state index in [4.69, 9.17) is 9.84 Å². The van der Waals surface area contributed by atoms with Crippen molar-refractivity contribution in [2.75, 3.05) is 19.7 Å². The molecule has 1 aromatic rings. The first-order valence-electron chi connectivity index (χ1n) is 7.04. The van der Waals surface area contributed by atoms with Crippen LogP contribution in [-0.2, 0) is 11.3 Å². The Hall–Kier alpha value is -1.63. The van der Waals surface area contributed by atoms with Crippen molar-refractivity contribution in [1.29, 1.82) is 0 Å². The van der Waals surface area contributed by atoms with Crippen molar-refractivity contribution in [2.45, 2.75) is 25.2 Å². The summed E-state index contributed by atoms with van der Waals surface area (Å²) in [5.74, 6) is -0.409. The first-order valence-corrected chi connectivity index (χ1v) is 7.04. The lowest BCUT2D eigenvalue weighted by molar-refractivity contribution is -0.0540. The molecule has 0 unspecified atom stereocenters. The fourth-order valence-corrected chi connectivity index (χ4v) is 2.51. The zero-order valence-electron chi connectivity index (χ0n) is 11.8. The Morgan fingerprint density at radius 3 is 2.71 bits per heavy atom. The van der Waals surface area contributed by atoms with Gasteiger partial charge in [-0.15, -0.1) is 0 Å². The van der Waals surface area contributed by atoms with E-state index >= 15 is 0 Å². The summed E-state index contributed by atoms with van der Waals surface area (Å²) in [7, 11) is 0. The highest BCUT2D eigenvalue weighted by Crippen LogP contribution is 2.22. The molecule has 1 heterocycles. The maximum absolute atomic E-state index is 11.9. The molecular formula is C15H21NO5. The number of aliphatic hydroxyl groups excluding tert-OH is 3. The van der Waals surface area contributed by atoms with Crippen LogP contribution in [-0.4, -0.2) is 58.2 Å². The van der Waals surface area contributed by atoms with Gasteiger partial charge in [-0.3, -0.25) is 0 Å². The smallest absolute Gasteiger partial charge is 0.410 e. The third-order valence-electron chi connectivity index (χ3n) is 3.78. The van der Waals surface area contributed by atoms with Gasteiger partial charge in [0.25, 0.3) is 0 Å². The summed E-state index contributed by atoms with van der Waals surface area (Å²) in [6.07, 6.45) is -1.86. The quantitative estimate of drug-likeness (QED) is 0.746. The van der Waals surface area contributed by atoms with Crippen LogP contribution in [0.15, 0.2) is 30.3 Å². The molecule has 116 valence electrons. The SMILES string of the molecule is O=C(OCc1ccccc1)N1CC[C@@H]([C@H](O)CO)[C@H](O)C1. The highest BCUT2D eigenvalue weighted by molar-refractivity contribution is 5.67. The van der Waals surface area contributed by atoms with Crippen molar-refractivity contribution >= 4 is 6.09 Å². The average Bonchev–Trinajstić information content (AvgIpc) is 2.52. The van der Waals surface area contributed by atoms with Crippen molar-refractivity contribution in [3.8, 4) is 0 Å². The zero-order valence-corrected chi connectivity index (χ0v) is 11.8. The van der Waals surface area contributed by atoms with Crippen LogP contribution in [0.25, 0.3) is 0 Å². The first-order chi connectivity index (χ1) is 10.1. The third-order valence-corrected chi connectivity index (χ3v) is 3.78. The summed E-state index contributed by atoms with van der Waals surface area (Å²) in [5, 5.41) is 28.5. The van der Waals surface area contributed by atoms with E-state index in [2.05, 4.69) is 0 Å². The number of carbonyl (C=O) groups is 1. The van der Waals surface area contributed by atoms with Crippen LogP contribution < -0.4 is 0 Å². The molecule has 1 saturated heterocycles. The van der Waals surface area contributed by atoms with Gasteiger partial charge in [-0.1, -0.05) is 30.3 Å². The molecule has 6 heteroatoms. The Balaban J connectivity index is 1.82. The molecule has 1 fully saturated rings. The number of amides is 1. The molecule has 1 aliphatic heterocycles. The van der Waals surface area contributed by atoms with E-state index in [0.717, 1.165) is 5.56 Å². The van der Waals surface area contributed by atoms with Crippen molar-refractivity contribution in [3.05, 3.63) is 35.9 Å². The van der Waals surface area contributed by atoms with Crippen LogP contribution in [0.1, 0.15) is 12.0 Å². The second-order valence-electron chi connectivity index (χ2n) is 5.26. The molecule has 6 nitrogen and oxygen atoms in total. The van der Waals surface area contributed by atoms with Gasteiger partial charge in [0.15, 0.2) is 0 Å².